The van der Waals surface area contributed by atoms with Gasteiger partial charge in [0.25, 0.3) is 11.6 Å². The molecule has 8 heteroatoms. The van der Waals surface area contributed by atoms with E-state index >= 15 is 0 Å². The first-order valence-electron chi connectivity index (χ1n) is 13.6. The number of rotatable bonds is 6. The third-order valence-corrected chi connectivity index (χ3v) is 9.79. The van der Waals surface area contributed by atoms with Crippen molar-refractivity contribution in [2.24, 2.45) is 23.2 Å². The molecule has 4 saturated carbocycles. The van der Waals surface area contributed by atoms with Crippen molar-refractivity contribution in [1.29, 1.82) is 0 Å². The van der Waals surface area contributed by atoms with E-state index in [1.807, 2.05) is 17.0 Å². The van der Waals surface area contributed by atoms with Gasteiger partial charge in [0, 0.05) is 54.6 Å². The van der Waals surface area contributed by atoms with Crippen molar-refractivity contribution in [2.45, 2.75) is 51.5 Å². The number of amides is 1. The van der Waals surface area contributed by atoms with Crippen LogP contribution < -0.4 is 10.2 Å². The third kappa shape index (κ3) is 4.67. The molecule has 7 nitrogen and oxygen atoms in total. The van der Waals surface area contributed by atoms with E-state index in [0.29, 0.717) is 42.5 Å². The van der Waals surface area contributed by atoms with Crippen LogP contribution in [0.5, 0.6) is 0 Å². The number of nitrogens with zero attached hydrogens (tertiary/aromatic N) is 3. The number of piperazine rings is 1. The molecule has 196 valence electrons. The molecule has 1 heterocycles. The number of benzene rings is 2. The van der Waals surface area contributed by atoms with E-state index in [2.05, 4.69) is 17.1 Å². The lowest BCUT2D eigenvalue weighted by Gasteiger charge is -2.59. The Morgan fingerprint density at radius 1 is 1.03 bits per heavy atom. The molecule has 37 heavy (non-hydrogen) atoms. The number of anilines is 2. The van der Waals surface area contributed by atoms with Gasteiger partial charge < -0.3 is 15.1 Å². The van der Waals surface area contributed by atoms with Gasteiger partial charge in [0.1, 0.15) is 5.69 Å². The van der Waals surface area contributed by atoms with E-state index in [9.17, 15) is 14.9 Å². The van der Waals surface area contributed by atoms with Crippen molar-refractivity contribution in [3.63, 3.8) is 0 Å². The molecule has 0 radical (unpaired) electrons. The molecular weight excluding hydrogens is 488 g/mol. The Labute approximate surface area is 223 Å². The van der Waals surface area contributed by atoms with Crippen molar-refractivity contribution in [3.8, 4) is 0 Å². The minimum atomic E-state index is -0.278. The molecule has 2 aromatic carbocycles. The Morgan fingerprint density at radius 3 is 2.27 bits per heavy atom. The normalized spacial score (nSPS) is 29.3. The molecule has 2 aromatic rings. The van der Waals surface area contributed by atoms with Crippen LogP contribution in [-0.2, 0) is 0 Å². The van der Waals surface area contributed by atoms with Crippen LogP contribution >= 0.6 is 11.6 Å². The molecule has 0 aromatic heterocycles. The lowest BCUT2D eigenvalue weighted by molar-refractivity contribution is -0.384. The summed E-state index contributed by atoms with van der Waals surface area (Å²) in [5, 5.41) is 16.1. The molecule has 1 N–H and O–H groups in total. The van der Waals surface area contributed by atoms with Crippen LogP contribution in [0.25, 0.3) is 0 Å². The summed E-state index contributed by atoms with van der Waals surface area (Å²) in [6.45, 7) is 4.77. The highest BCUT2D eigenvalue weighted by Crippen LogP contribution is 2.61. The van der Waals surface area contributed by atoms with Crippen LogP contribution in [0.1, 0.15) is 55.8 Å². The first kappa shape index (κ1) is 24.5. The van der Waals surface area contributed by atoms with E-state index in [1.54, 1.807) is 30.3 Å². The maximum atomic E-state index is 12.9. The number of hydrogen-bond acceptors (Lipinski definition) is 5. The highest BCUT2D eigenvalue weighted by molar-refractivity contribution is 6.30. The Kier molecular flexibility index (Phi) is 6.30. The predicted octanol–water partition coefficient (Wildman–Crippen LogP) is 6.23. The number of hydrogen-bond donors (Lipinski definition) is 1. The SMILES string of the molecule is C[C@@H](Nc1cc(N2CCN(C(=O)c3cccc(Cl)c3)CC2)ccc1[N+](=O)[O-])C12CC3CC(CC(C3)C1)C2. The fourth-order valence-corrected chi connectivity index (χ4v) is 8.25. The quantitative estimate of drug-likeness (QED) is 0.359. The summed E-state index contributed by atoms with van der Waals surface area (Å²) in [5.41, 5.74) is 2.56. The molecule has 0 unspecified atom stereocenters. The van der Waals surface area contributed by atoms with Crippen LogP contribution in [-0.4, -0.2) is 48.0 Å². The van der Waals surface area contributed by atoms with Gasteiger partial charge >= 0.3 is 0 Å². The second-order valence-corrected chi connectivity index (χ2v) is 12.3. The van der Waals surface area contributed by atoms with Gasteiger partial charge in [0.2, 0.25) is 0 Å². The fourth-order valence-electron chi connectivity index (χ4n) is 8.06. The van der Waals surface area contributed by atoms with Gasteiger partial charge in [-0.25, -0.2) is 0 Å². The number of nitro groups is 1. The smallest absolute Gasteiger partial charge is 0.292 e. The van der Waals surface area contributed by atoms with Gasteiger partial charge in [-0.15, -0.1) is 0 Å². The summed E-state index contributed by atoms with van der Waals surface area (Å²) in [6.07, 6.45) is 7.91. The van der Waals surface area contributed by atoms with Crippen molar-refractivity contribution in [3.05, 3.63) is 63.2 Å². The molecular formula is C29H35ClN4O3. The van der Waals surface area contributed by atoms with Crippen LogP contribution in [0.15, 0.2) is 42.5 Å². The Morgan fingerprint density at radius 2 is 1.68 bits per heavy atom. The summed E-state index contributed by atoms with van der Waals surface area (Å²) >= 11 is 6.07. The Hall–Kier alpha value is -2.80. The van der Waals surface area contributed by atoms with E-state index in [1.165, 1.54) is 38.5 Å². The zero-order valence-corrected chi connectivity index (χ0v) is 22.1. The third-order valence-electron chi connectivity index (χ3n) is 9.56. The van der Waals surface area contributed by atoms with Gasteiger partial charge in [0.15, 0.2) is 0 Å². The number of halogens is 1. The fraction of sp³-hybridized carbons (Fsp3) is 0.552. The van der Waals surface area contributed by atoms with Crippen molar-refractivity contribution in [1.82, 2.24) is 4.90 Å². The summed E-state index contributed by atoms with van der Waals surface area (Å²) in [4.78, 5) is 28.6. The average molecular weight is 523 g/mol. The molecule has 1 amide bonds. The molecule has 1 aliphatic heterocycles. The molecule has 4 aliphatic carbocycles. The van der Waals surface area contributed by atoms with E-state index in [-0.39, 0.29) is 28.0 Å². The molecule has 1 atom stereocenters. The highest BCUT2D eigenvalue weighted by atomic mass is 35.5. The lowest BCUT2D eigenvalue weighted by Crippen LogP contribution is -2.53. The monoisotopic (exact) mass is 522 g/mol. The predicted molar refractivity (Wildman–Crippen MR) is 146 cm³/mol. The van der Waals surface area contributed by atoms with Gasteiger partial charge in [0.05, 0.1) is 4.92 Å². The van der Waals surface area contributed by atoms with E-state index < -0.39 is 0 Å². The number of nitrogens with one attached hydrogen (secondary N) is 1. The molecule has 5 fully saturated rings. The molecule has 0 spiro atoms. The molecule has 1 saturated heterocycles. The van der Waals surface area contributed by atoms with Crippen molar-refractivity contribution >= 4 is 34.6 Å². The van der Waals surface area contributed by atoms with Gasteiger partial charge in [-0.3, -0.25) is 14.9 Å². The largest absolute Gasteiger partial charge is 0.376 e. The Balaban J connectivity index is 1.17. The minimum absolute atomic E-state index is 0.0161. The Bertz CT molecular complexity index is 1170. The first-order chi connectivity index (χ1) is 17.8. The topological polar surface area (TPSA) is 78.7 Å². The van der Waals surface area contributed by atoms with Gasteiger partial charge in [-0.05, 0) is 98.9 Å². The highest BCUT2D eigenvalue weighted by Gasteiger charge is 2.53. The zero-order valence-electron chi connectivity index (χ0n) is 21.4. The second-order valence-electron chi connectivity index (χ2n) is 11.9. The number of carbonyl (C=O) groups is 1. The van der Waals surface area contributed by atoms with E-state index in [0.717, 1.165) is 23.4 Å². The maximum Gasteiger partial charge on any atom is 0.292 e. The molecule has 7 rings (SSSR count). The van der Waals surface area contributed by atoms with Crippen LogP contribution in [0.2, 0.25) is 5.02 Å². The average Bonchev–Trinajstić information content (AvgIpc) is 2.87. The summed E-state index contributed by atoms with van der Waals surface area (Å²) in [5.74, 6) is 2.49. The van der Waals surface area contributed by atoms with Crippen molar-refractivity contribution in [2.75, 3.05) is 36.4 Å². The van der Waals surface area contributed by atoms with Crippen molar-refractivity contribution < 1.29 is 9.72 Å². The number of carbonyl (C=O) groups excluding carboxylic acids is 1. The minimum Gasteiger partial charge on any atom is -0.376 e. The maximum absolute atomic E-state index is 12.9. The summed E-state index contributed by atoms with van der Waals surface area (Å²) < 4.78 is 0. The molecule has 4 bridgehead atoms. The molecule has 5 aliphatic rings. The lowest BCUT2D eigenvalue weighted by atomic mass is 9.48. The van der Waals surface area contributed by atoms with Crippen LogP contribution in [0.4, 0.5) is 17.1 Å². The summed E-state index contributed by atoms with van der Waals surface area (Å²) in [6, 6.07) is 12.7. The number of nitro benzene ring substituents is 1. The van der Waals surface area contributed by atoms with Gasteiger partial charge in [-0.1, -0.05) is 17.7 Å². The van der Waals surface area contributed by atoms with E-state index in [4.69, 9.17) is 11.6 Å². The van der Waals surface area contributed by atoms with Gasteiger partial charge in [-0.2, -0.15) is 0 Å². The first-order valence-corrected chi connectivity index (χ1v) is 14.0. The van der Waals surface area contributed by atoms with Crippen LogP contribution in [0.3, 0.4) is 0 Å². The summed E-state index contributed by atoms with van der Waals surface area (Å²) in [7, 11) is 0. The van der Waals surface area contributed by atoms with Crippen LogP contribution in [0, 0.1) is 33.3 Å². The second kappa shape index (κ2) is 9.50. The zero-order chi connectivity index (χ0) is 25.7. The standard InChI is InChI=1S/C29H35ClN4O3/c1-19(29-16-20-11-21(17-29)13-22(12-20)18-29)31-26-15-25(5-6-27(26)34(36)37)32-7-9-33(10-8-32)28(35)23-3-2-4-24(30)14-23/h2-6,14-15,19-22,31H,7-13,16-18H2,1H3/t19-,20?,21?,22?,29?/m1/s1.